The number of nitrogens with zero attached hydrogens (tertiary/aromatic N) is 2. The summed E-state index contributed by atoms with van der Waals surface area (Å²) >= 11 is 0. The van der Waals surface area contributed by atoms with Crippen molar-refractivity contribution in [2.45, 2.75) is 24.9 Å². The summed E-state index contributed by atoms with van der Waals surface area (Å²) in [4.78, 5) is 11.2. The van der Waals surface area contributed by atoms with Gasteiger partial charge in [0.05, 0.1) is 17.1 Å². The average Bonchev–Trinajstić information content (AvgIpc) is 2.87. The second kappa shape index (κ2) is 6.12. The molecule has 20 heavy (non-hydrogen) atoms. The van der Waals surface area contributed by atoms with Gasteiger partial charge < -0.3 is 10.3 Å². The topological polar surface area (TPSA) is 99.8 Å². The van der Waals surface area contributed by atoms with Crippen molar-refractivity contribution < 1.29 is 8.42 Å². The molecule has 0 saturated heterocycles. The molecule has 0 atom stereocenters. The molecule has 3 N–H and O–H groups in total. The molecule has 8 heteroatoms. The highest BCUT2D eigenvalue weighted by molar-refractivity contribution is 7.89. The summed E-state index contributed by atoms with van der Waals surface area (Å²) in [5.41, 5.74) is 1.44. The van der Waals surface area contributed by atoms with E-state index in [0.29, 0.717) is 18.1 Å². The maximum Gasteiger partial charge on any atom is 0.242 e. The Kier molecular flexibility index (Phi) is 4.48. The molecule has 0 saturated carbocycles. The molecule has 0 aromatic carbocycles. The van der Waals surface area contributed by atoms with Crippen LogP contribution in [-0.4, -0.2) is 30.4 Å². The summed E-state index contributed by atoms with van der Waals surface area (Å²) in [6, 6.07) is 3.28. The number of hydrogen-bond donors (Lipinski definition) is 3. The Morgan fingerprint density at radius 2 is 2.15 bits per heavy atom. The zero-order valence-electron chi connectivity index (χ0n) is 11.3. The van der Waals surface area contributed by atoms with Crippen LogP contribution in [0, 0.1) is 6.92 Å². The van der Waals surface area contributed by atoms with E-state index in [4.69, 9.17) is 0 Å². The second-order valence-corrected chi connectivity index (χ2v) is 6.08. The summed E-state index contributed by atoms with van der Waals surface area (Å²) in [5.74, 6) is 0.611. The number of nitrogens with one attached hydrogen (secondary N) is 3. The van der Waals surface area contributed by atoms with E-state index in [0.717, 1.165) is 5.69 Å². The minimum Gasteiger partial charge on any atom is -0.363 e. The zero-order chi connectivity index (χ0) is 14.6. The maximum atomic E-state index is 12.1. The largest absolute Gasteiger partial charge is 0.363 e. The molecular weight excluding hydrogens is 278 g/mol. The van der Waals surface area contributed by atoms with Crippen LogP contribution in [0.3, 0.4) is 0 Å². The van der Waals surface area contributed by atoms with Gasteiger partial charge in [0.1, 0.15) is 5.82 Å². The molecule has 0 aliphatic rings. The minimum absolute atomic E-state index is 0.137. The highest BCUT2D eigenvalue weighted by Gasteiger charge is 2.15. The van der Waals surface area contributed by atoms with Gasteiger partial charge in [-0.3, -0.25) is 0 Å². The van der Waals surface area contributed by atoms with Gasteiger partial charge in [-0.2, -0.15) is 0 Å². The number of sulfonamides is 1. The lowest BCUT2D eigenvalue weighted by molar-refractivity contribution is 0.580. The van der Waals surface area contributed by atoms with E-state index < -0.39 is 10.0 Å². The summed E-state index contributed by atoms with van der Waals surface area (Å²) < 4.78 is 26.7. The van der Waals surface area contributed by atoms with Gasteiger partial charge in [-0.25, -0.2) is 23.1 Å². The summed E-state index contributed by atoms with van der Waals surface area (Å²) in [6.45, 7) is 2.48. The third-order valence-corrected chi connectivity index (χ3v) is 4.05. The number of aromatic nitrogens is 3. The summed E-state index contributed by atoms with van der Waals surface area (Å²) in [7, 11) is -1.74. The van der Waals surface area contributed by atoms with Gasteiger partial charge in [0.25, 0.3) is 0 Å². The minimum atomic E-state index is -3.54. The number of H-pyrrole nitrogens is 1. The van der Waals surface area contributed by atoms with Crippen LogP contribution in [0.4, 0.5) is 0 Å². The molecule has 0 spiro atoms. The van der Waals surface area contributed by atoms with E-state index in [1.54, 1.807) is 32.3 Å². The van der Waals surface area contributed by atoms with E-state index in [2.05, 4.69) is 25.0 Å². The van der Waals surface area contributed by atoms with E-state index >= 15 is 0 Å². The monoisotopic (exact) mass is 295 g/mol. The Balaban J connectivity index is 2.06. The van der Waals surface area contributed by atoms with Crippen LogP contribution >= 0.6 is 0 Å². The lowest BCUT2D eigenvalue weighted by Gasteiger charge is -2.04. The lowest BCUT2D eigenvalue weighted by atomic mass is 10.4. The predicted octanol–water partition coefficient (Wildman–Crippen LogP) is 0.311. The van der Waals surface area contributed by atoms with Crippen molar-refractivity contribution in [3.8, 4) is 0 Å². The fraction of sp³-hybridized carbons (Fsp3) is 0.333. The van der Waals surface area contributed by atoms with Gasteiger partial charge in [0.15, 0.2) is 0 Å². The SMILES string of the molecule is CNCc1cc(S(=O)(=O)NCc2ccnc(C)n2)c[nH]1. The van der Waals surface area contributed by atoms with E-state index in [9.17, 15) is 8.42 Å². The van der Waals surface area contributed by atoms with E-state index in [1.165, 1.54) is 6.20 Å². The fourth-order valence-corrected chi connectivity index (χ4v) is 2.74. The van der Waals surface area contributed by atoms with Gasteiger partial charge in [0, 0.05) is 24.6 Å². The molecule has 0 fully saturated rings. The highest BCUT2D eigenvalue weighted by Crippen LogP contribution is 2.11. The maximum absolute atomic E-state index is 12.1. The average molecular weight is 295 g/mol. The first-order valence-corrected chi connectivity index (χ1v) is 7.59. The third kappa shape index (κ3) is 3.62. The van der Waals surface area contributed by atoms with Crippen LogP contribution in [0.1, 0.15) is 17.2 Å². The third-order valence-electron chi connectivity index (χ3n) is 2.67. The molecule has 0 radical (unpaired) electrons. The lowest BCUT2D eigenvalue weighted by Crippen LogP contribution is -2.23. The molecule has 0 amide bonds. The quantitative estimate of drug-likeness (QED) is 0.712. The smallest absolute Gasteiger partial charge is 0.242 e. The van der Waals surface area contributed by atoms with Crippen molar-refractivity contribution in [1.82, 2.24) is 25.0 Å². The van der Waals surface area contributed by atoms with Gasteiger partial charge in [0.2, 0.25) is 10.0 Å². The van der Waals surface area contributed by atoms with Crippen molar-refractivity contribution in [2.24, 2.45) is 0 Å². The standard InChI is InChI=1S/C12H17N5O2S/c1-9-14-4-3-10(17-9)7-16-20(18,19)12-5-11(6-13-2)15-8-12/h3-5,8,13,15-16H,6-7H2,1-2H3. The second-order valence-electron chi connectivity index (χ2n) is 4.31. The number of rotatable bonds is 6. The summed E-state index contributed by atoms with van der Waals surface area (Å²) in [6.07, 6.45) is 3.08. The predicted molar refractivity (Wildman–Crippen MR) is 74.4 cm³/mol. The molecule has 2 aromatic heterocycles. The van der Waals surface area contributed by atoms with E-state index in [-0.39, 0.29) is 11.4 Å². The highest BCUT2D eigenvalue weighted by atomic mass is 32.2. The Labute approximate surface area is 117 Å². The van der Waals surface area contributed by atoms with Crippen molar-refractivity contribution in [3.63, 3.8) is 0 Å². The van der Waals surface area contributed by atoms with Crippen molar-refractivity contribution in [3.05, 3.63) is 41.7 Å². The molecule has 2 heterocycles. The molecule has 2 aromatic rings. The Bertz CT molecular complexity index is 681. The molecule has 2 rings (SSSR count). The van der Waals surface area contributed by atoms with Gasteiger partial charge in [-0.05, 0) is 26.1 Å². The molecule has 0 unspecified atom stereocenters. The van der Waals surface area contributed by atoms with Crippen LogP contribution < -0.4 is 10.0 Å². The summed E-state index contributed by atoms with van der Waals surface area (Å²) in [5, 5.41) is 2.95. The van der Waals surface area contributed by atoms with Crippen LogP contribution in [0.2, 0.25) is 0 Å². The Morgan fingerprint density at radius 1 is 1.35 bits per heavy atom. The number of aryl methyl sites for hydroxylation is 1. The Hall–Kier alpha value is -1.77. The van der Waals surface area contributed by atoms with Gasteiger partial charge in [-0.15, -0.1) is 0 Å². The first-order valence-electron chi connectivity index (χ1n) is 6.11. The van der Waals surface area contributed by atoms with Crippen LogP contribution in [-0.2, 0) is 23.1 Å². The van der Waals surface area contributed by atoms with Crippen molar-refractivity contribution >= 4 is 10.0 Å². The van der Waals surface area contributed by atoms with Crippen molar-refractivity contribution in [2.75, 3.05) is 7.05 Å². The molecule has 108 valence electrons. The molecule has 0 aliphatic carbocycles. The van der Waals surface area contributed by atoms with Gasteiger partial charge >= 0.3 is 0 Å². The molecule has 0 aliphatic heterocycles. The van der Waals surface area contributed by atoms with Gasteiger partial charge in [-0.1, -0.05) is 0 Å². The van der Waals surface area contributed by atoms with Crippen LogP contribution in [0.15, 0.2) is 29.4 Å². The number of hydrogen-bond acceptors (Lipinski definition) is 5. The number of aromatic amines is 1. The first kappa shape index (κ1) is 14.6. The van der Waals surface area contributed by atoms with Crippen molar-refractivity contribution in [1.29, 1.82) is 0 Å². The first-order chi connectivity index (χ1) is 9.51. The Morgan fingerprint density at radius 3 is 2.85 bits per heavy atom. The fourth-order valence-electron chi connectivity index (χ4n) is 1.72. The normalized spacial score (nSPS) is 11.7. The molecule has 7 nitrogen and oxygen atoms in total. The van der Waals surface area contributed by atoms with Crippen LogP contribution in [0.25, 0.3) is 0 Å². The van der Waals surface area contributed by atoms with Crippen LogP contribution in [0.5, 0.6) is 0 Å². The zero-order valence-corrected chi connectivity index (χ0v) is 12.2. The van der Waals surface area contributed by atoms with E-state index in [1.807, 2.05) is 0 Å². The molecular formula is C12H17N5O2S. The molecule has 0 bridgehead atoms.